The number of hydrogen-bond acceptors (Lipinski definition) is 3. The van der Waals surface area contributed by atoms with Crippen LogP contribution in [0.4, 0.5) is 0 Å². The highest BCUT2D eigenvalue weighted by atomic mass is 35.5. The molecule has 3 aromatic rings. The fourth-order valence-corrected chi connectivity index (χ4v) is 3.01. The molecule has 0 N–H and O–H groups in total. The lowest BCUT2D eigenvalue weighted by Crippen LogP contribution is -2.36. The van der Waals surface area contributed by atoms with E-state index < -0.39 is 0 Å². The number of benzene rings is 1. The molecule has 1 aliphatic rings. The van der Waals surface area contributed by atoms with Crippen molar-refractivity contribution in [1.82, 2.24) is 14.3 Å². The van der Waals surface area contributed by atoms with Crippen LogP contribution in [0, 0.1) is 12.3 Å². The Morgan fingerprint density at radius 1 is 1.13 bits per heavy atom. The van der Waals surface area contributed by atoms with Crippen LogP contribution in [0.2, 0.25) is 5.02 Å². The van der Waals surface area contributed by atoms with Crippen molar-refractivity contribution in [2.45, 2.75) is 6.54 Å². The molecular formula is C18H16ClN3O. The summed E-state index contributed by atoms with van der Waals surface area (Å²) in [5.74, 6) is 0. The maximum Gasteiger partial charge on any atom is 0.146 e. The van der Waals surface area contributed by atoms with E-state index in [1.807, 2.05) is 40.8 Å². The summed E-state index contributed by atoms with van der Waals surface area (Å²) < 4.78 is 7.44. The molecule has 0 unspecified atom stereocenters. The van der Waals surface area contributed by atoms with Gasteiger partial charge in [0.25, 0.3) is 0 Å². The Kier molecular flexibility index (Phi) is 3.92. The third-order valence-corrected chi connectivity index (χ3v) is 4.34. The largest absolute Gasteiger partial charge is 0.379 e. The fraction of sp³-hybridized carbons (Fsp3) is 0.278. The highest BCUT2D eigenvalue weighted by molar-refractivity contribution is 6.30. The van der Waals surface area contributed by atoms with E-state index in [4.69, 9.17) is 21.3 Å². The third kappa shape index (κ3) is 2.91. The molecular weight excluding hydrogens is 310 g/mol. The van der Waals surface area contributed by atoms with E-state index in [2.05, 4.69) is 17.2 Å². The van der Waals surface area contributed by atoms with Crippen LogP contribution in [0.5, 0.6) is 0 Å². The van der Waals surface area contributed by atoms with Gasteiger partial charge in [0.1, 0.15) is 5.65 Å². The number of rotatable bonds is 3. The molecule has 4 rings (SSSR count). The molecule has 0 atom stereocenters. The molecule has 0 aliphatic carbocycles. The first kappa shape index (κ1) is 14.5. The molecule has 3 heterocycles. The average molecular weight is 326 g/mol. The zero-order valence-corrected chi connectivity index (χ0v) is 13.4. The third-order valence-electron chi connectivity index (χ3n) is 4.09. The molecule has 1 saturated heterocycles. The quantitative estimate of drug-likeness (QED) is 0.741. The van der Waals surface area contributed by atoms with Crippen LogP contribution in [-0.4, -0.2) is 40.6 Å². The van der Waals surface area contributed by atoms with Gasteiger partial charge in [0.2, 0.25) is 0 Å². The standard InChI is InChI=1S/C18H16ClN3O/c19-15-6-4-14(5-7-15)18-16(13-21-9-11-23-12-10-21)22-8-2-1-3-17(22)20-18/h1,3-7H,9-13H2. The van der Waals surface area contributed by atoms with E-state index in [0.29, 0.717) is 0 Å². The Morgan fingerprint density at radius 2 is 1.91 bits per heavy atom. The van der Waals surface area contributed by atoms with Gasteiger partial charge >= 0.3 is 0 Å². The minimum Gasteiger partial charge on any atom is -0.379 e. The molecule has 1 aliphatic heterocycles. The summed E-state index contributed by atoms with van der Waals surface area (Å²) in [6.07, 6.45) is 3.16. The van der Waals surface area contributed by atoms with Gasteiger partial charge in [-0.1, -0.05) is 29.8 Å². The summed E-state index contributed by atoms with van der Waals surface area (Å²) in [5.41, 5.74) is 4.05. The molecule has 4 nitrogen and oxygen atoms in total. The summed E-state index contributed by atoms with van der Waals surface area (Å²) >= 11 is 6.01. The van der Waals surface area contributed by atoms with E-state index >= 15 is 0 Å². The van der Waals surface area contributed by atoms with Crippen molar-refractivity contribution in [1.29, 1.82) is 0 Å². The summed E-state index contributed by atoms with van der Waals surface area (Å²) in [6, 6.07) is 14.6. The predicted octanol–water partition coefficient (Wildman–Crippen LogP) is 3.09. The van der Waals surface area contributed by atoms with Gasteiger partial charge in [0, 0.05) is 36.4 Å². The van der Waals surface area contributed by atoms with E-state index in [0.717, 1.165) is 60.5 Å². The molecule has 1 aromatic carbocycles. The summed E-state index contributed by atoms with van der Waals surface area (Å²) in [7, 11) is 0. The molecule has 1 fully saturated rings. The lowest BCUT2D eigenvalue weighted by Gasteiger charge is -2.26. The Bertz CT molecular complexity index is 807. The molecule has 0 radical (unpaired) electrons. The molecule has 5 heteroatoms. The maximum absolute atomic E-state index is 6.01. The minimum atomic E-state index is 0.729. The summed E-state index contributed by atoms with van der Waals surface area (Å²) in [5, 5.41) is 0.729. The number of morpholine rings is 1. The molecule has 2 aromatic heterocycles. The molecule has 116 valence electrons. The molecule has 0 spiro atoms. The van der Waals surface area contributed by atoms with Crippen LogP contribution in [-0.2, 0) is 11.3 Å². The first-order valence-electron chi connectivity index (χ1n) is 7.67. The highest BCUT2D eigenvalue weighted by Gasteiger charge is 2.18. The van der Waals surface area contributed by atoms with Crippen LogP contribution in [0.1, 0.15) is 5.69 Å². The van der Waals surface area contributed by atoms with E-state index in [1.54, 1.807) is 0 Å². The number of imidazole rings is 1. The maximum atomic E-state index is 6.01. The van der Waals surface area contributed by atoms with Gasteiger partial charge in [-0.25, -0.2) is 4.98 Å². The van der Waals surface area contributed by atoms with E-state index in [9.17, 15) is 0 Å². The average Bonchev–Trinajstić information content (AvgIpc) is 2.95. The topological polar surface area (TPSA) is 29.8 Å². The van der Waals surface area contributed by atoms with Crippen LogP contribution in [0.25, 0.3) is 16.9 Å². The minimum absolute atomic E-state index is 0.729. The van der Waals surface area contributed by atoms with Gasteiger partial charge in [-0.05, 0) is 24.3 Å². The van der Waals surface area contributed by atoms with Gasteiger partial charge in [-0.15, -0.1) is 0 Å². The monoisotopic (exact) mass is 325 g/mol. The Balaban J connectivity index is 1.79. The van der Waals surface area contributed by atoms with Gasteiger partial charge in [0.15, 0.2) is 0 Å². The van der Waals surface area contributed by atoms with Crippen LogP contribution >= 0.6 is 11.6 Å². The lowest BCUT2D eigenvalue weighted by molar-refractivity contribution is 0.0336. The van der Waals surface area contributed by atoms with E-state index in [1.165, 1.54) is 0 Å². The number of aromatic nitrogens is 2. The van der Waals surface area contributed by atoms with Crippen molar-refractivity contribution in [3.05, 3.63) is 59.4 Å². The lowest BCUT2D eigenvalue weighted by atomic mass is 10.1. The van der Waals surface area contributed by atoms with Crippen molar-refractivity contribution >= 4 is 17.2 Å². The predicted molar refractivity (Wildman–Crippen MR) is 89.4 cm³/mol. The Morgan fingerprint density at radius 3 is 2.70 bits per heavy atom. The smallest absolute Gasteiger partial charge is 0.146 e. The number of halogens is 1. The second kappa shape index (κ2) is 6.21. The molecule has 0 bridgehead atoms. The fourth-order valence-electron chi connectivity index (χ4n) is 2.88. The normalized spacial score (nSPS) is 15.7. The molecule has 23 heavy (non-hydrogen) atoms. The second-order valence-corrected chi connectivity index (χ2v) is 6.02. The first-order valence-corrected chi connectivity index (χ1v) is 8.05. The number of fused-ring (bicyclic) bond motifs is 1. The van der Waals surface area contributed by atoms with Crippen molar-refractivity contribution in [2.24, 2.45) is 0 Å². The van der Waals surface area contributed by atoms with Gasteiger partial charge in [-0.3, -0.25) is 9.30 Å². The van der Waals surface area contributed by atoms with Crippen molar-refractivity contribution < 1.29 is 4.74 Å². The summed E-state index contributed by atoms with van der Waals surface area (Å²) in [6.45, 7) is 4.25. The van der Waals surface area contributed by atoms with Crippen molar-refractivity contribution in [3.63, 3.8) is 0 Å². The number of ether oxygens (including phenoxy) is 1. The number of nitrogens with zero attached hydrogens (tertiary/aromatic N) is 3. The Hall–Kier alpha value is -2.06. The van der Waals surface area contributed by atoms with Gasteiger partial charge in [-0.2, -0.15) is 0 Å². The molecule has 0 saturated carbocycles. The van der Waals surface area contributed by atoms with Crippen LogP contribution in [0.3, 0.4) is 0 Å². The zero-order valence-electron chi connectivity index (χ0n) is 12.6. The number of hydrogen-bond donors (Lipinski definition) is 0. The van der Waals surface area contributed by atoms with Crippen LogP contribution < -0.4 is 0 Å². The molecule has 0 amide bonds. The zero-order chi connectivity index (χ0) is 15.6. The van der Waals surface area contributed by atoms with Crippen molar-refractivity contribution in [2.75, 3.05) is 26.3 Å². The second-order valence-electron chi connectivity index (χ2n) is 5.59. The summed E-state index contributed by atoms with van der Waals surface area (Å²) in [4.78, 5) is 7.17. The first-order chi connectivity index (χ1) is 11.3. The van der Waals surface area contributed by atoms with Gasteiger partial charge in [0.05, 0.1) is 24.6 Å². The highest BCUT2D eigenvalue weighted by Crippen LogP contribution is 2.26. The van der Waals surface area contributed by atoms with Gasteiger partial charge < -0.3 is 4.74 Å². The Labute approximate surface area is 140 Å². The SMILES string of the molecule is Clc1ccc(-c2nc3ccc#cn3c2CN2CCOCC2)cc1. The van der Waals surface area contributed by atoms with Crippen LogP contribution in [0.15, 0.2) is 36.4 Å². The van der Waals surface area contributed by atoms with E-state index in [-0.39, 0.29) is 0 Å². The van der Waals surface area contributed by atoms with Crippen molar-refractivity contribution in [3.8, 4) is 11.3 Å².